The quantitative estimate of drug-likeness (QED) is 0.408. The van der Waals surface area contributed by atoms with Crippen molar-refractivity contribution in [3.63, 3.8) is 0 Å². The zero-order valence-corrected chi connectivity index (χ0v) is 19.5. The van der Waals surface area contributed by atoms with Gasteiger partial charge in [0.2, 0.25) is 11.0 Å². The molecule has 0 saturated heterocycles. The molecule has 0 radical (unpaired) electrons. The summed E-state index contributed by atoms with van der Waals surface area (Å²) in [5.74, 6) is 0.658. The largest absolute Gasteiger partial charge is 0.300 e. The first kappa shape index (κ1) is 22.6. The van der Waals surface area contributed by atoms with Crippen molar-refractivity contribution in [1.82, 2.24) is 24.5 Å². The first-order valence-corrected chi connectivity index (χ1v) is 11.7. The van der Waals surface area contributed by atoms with Crippen LogP contribution in [0.1, 0.15) is 44.5 Å². The first-order valence-electron chi connectivity index (χ1n) is 10.1. The van der Waals surface area contributed by atoms with Gasteiger partial charge in [0.25, 0.3) is 0 Å². The standard InChI is InChI=1S/C20H25ClN6OS2/c1-3-5-12-26-18(14-7-9-15(21)10-8-14)25-27(20(26)29)13-11-16(28)22-19-24-23-17(30-19)6-4-2/h7-10H,3-6,11-13H2,1-2H3,(H,22,24,28). The molecule has 30 heavy (non-hydrogen) atoms. The van der Waals surface area contributed by atoms with Gasteiger partial charge in [0, 0.05) is 30.0 Å². The van der Waals surface area contributed by atoms with E-state index in [0.29, 0.717) is 21.5 Å². The van der Waals surface area contributed by atoms with Crippen LogP contribution in [-0.4, -0.2) is 30.5 Å². The van der Waals surface area contributed by atoms with Crippen molar-refractivity contribution in [3.8, 4) is 11.4 Å². The van der Waals surface area contributed by atoms with Crippen LogP contribution in [0.3, 0.4) is 0 Å². The highest BCUT2D eigenvalue weighted by molar-refractivity contribution is 7.71. The first-order chi connectivity index (χ1) is 14.5. The third kappa shape index (κ3) is 5.74. The van der Waals surface area contributed by atoms with Crippen LogP contribution in [0.15, 0.2) is 24.3 Å². The van der Waals surface area contributed by atoms with E-state index >= 15 is 0 Å². The Kier molecular flexibility index (Phi) is 8.12. The van der Waals surface area contributed by atoms with Crippen LogP contribution in [0.25, 0.3) is 11.4 Å². The molecule has 0 saturated carbocycles. The van der Waals surface area contributed by atoms with E-state index < -0.39 is 0 Å². The SMILES string of the molecule is CCCCn1c(-c2ccc(Cl)cc2)nn(CCC(=O)Nc2nnc(CCC)s2)c1=S. The molecule has 10 heteroatoms. The molecule has 0 spiro atoms. The molecular weight excluding hydrogens is 440 g/mol. The molecule has 0 unspecified atom stereocenters. The van der Waals surface area contributed by atoms with E-state index in [1.165, 1.54) is 11.3 Å². The maximum atomic E-state index is 12.4. The third-order valence-corrected chi connectivity index (χ3v) is 6.07. The Labute approximate surface area is 190 Å². The highest BCUT2D eigenvalue weighted by atomic mass is 35.5. The number of anilines is 1. The normalized spacial score (nSPS) is 11.0. The second-order valence-electron chi connectivity index (χ2n) is 6.89. The number of aryl methyl sites for hydroxylation is 2. The van der Waals surface area contributed by atoms with Gasteiger partial charge in [-0.25, -0.2) is 4.68 Å². The predicted octanol–water partition coefficient (Wildman–Crippen LogP) is 5.37. The van der Waals surface area contributed by atoms with Crippen molar-refractivity contribution in [2.45, 2.75) is 59.0 Å². The molecule has 7 nitrogen and oxygen atoms in total. The van der Waals surface area contributed by atoms with Crippen LogP contribution in [-0.2, 0) is 24.3 Å². The van der Waals surface area contributed by atoms with Gasteiger partial charge < -0.3 is 5.32 Å². The molecule has 3 aromatic rings. The maximum absolute atomic E-state index is 12.4. The lowest BCUT2D eigenvalue weighted by Crippen LogP contribution is -2.15. The Bertz CT molecular complexity index is 1040. The van der Waals surface area contributed by atoms with E-state index in [0.717, 1.165) is 48.6 Å². The van der Waals surface area contributed by atoms with Crippen molar-refractivity contribution in [2.24, 2.45) is 0 Å². The zero-order valence-electron chi connectivity index (χ0n) is 17.1. The average Bonchev–Trinajstić information content (AvgIpc) is 3.30. The molecule has 1 aromatic carbocycles. The van der Waals surface area contributed by atoms with Gasteiger partial charge in [0.05, 0.1) is 6.54 Å². The molecule has 0 aliphatic rings. The minimum absolute atomic E-state index is 0.132. The average molecular weight is 465 g/mol. The topological polar surface area (TPSA) is 77.6 Å². The molecule has 0 aliphatic heterocycles. The van der Waals surface area contributed by atoms with Gasteiger partial charge in [-0.1, -0.05) is 43.2 Å². The lowest BCUT2D eigenvalue weighted by atomic mass is 10.2. The fourth-order valence-corrected chi connectivity index (χ4v) is 4.22. The van der Waals surface area contributed by atoms with Crippen LogP contribution in [0.5, 0.6) is 0 Å². The molecule has 3 rings (SSSR count). The van der Waals surface area contributed by atoms with Gasteiger partial charge >= 0.3 is 0 Å². The summed E-state index contributed by atoms with van der Waals surface area (Å²) in [6.45, 7) is 5.40. The molecule has 0 atom stereocenters. The third-order valence-electron chi connectivity index (χ3n) is 4.49. The van der Waals surface area contributed by atoms with Gasteiger partial charge in [0.1, 0.15) is 5.01 Å². The summed E-state index contributed by atoms with van der Waals surface area (Å²) in [6.07, 6.45) is 4.17. The van der Waals surface area contributed by atoms with Crippen molar-refractivity contribution in [3.05, 3.63) is 39.1 Å². The summed E-state index contributed by atoms with van der Waals surface area (Å²) in [7, 11) is 0. The number of aromatic nitrogens is 5. The van der Waals surface area contributed by atoms with Gasteiger partial charge in [-0.05, 0) is 49.3 Å². The zero-order chi connectivity index (χ0) is 21.5. The van der Waals surface area contributed by atoms with Crippen LogP contribution in [0, 0.1) is 4.77 Å². The molecular formula is C20H25ClN6OS2. The minimum atomic E-state index is -0.132. The Morgan fingerprint density at radius 2 is 1.93 bits per heavy atom. The van der Waals surface area contributed by atoms with Gasteiger partial charge in [0.15, 0.2) is 10.6 Å². The van der Waals surface area contributed by atoms with Crippen molar-refractivity contribution in [2.75, 3.05) is 5.32 Å². The van der Waals surface area contributed by atoms with E-state index in [1.807, 2.05) is 28.8 Å². The summed E-state index contributed by atoms with van der Waals surface area (Å²) in [6, 6.07) is 7.54. The smallest absolute Gasteiger partial charge is 0.228 e. The van der Waals surface area contributed by atoms with E-state index in [1.54, 1.807) is 4.68 Å². The van der Waals surface area contributed by atoms with Gasteiger partial charge in [-0.3, -0.25) is 9.36 Å². The number of halogens is 1. The molecule has 0 aliphatic carbocycles. The summed E-state index contributed by atoms with van der Waals surface area (Å²) < 4.78 is 4.36. The summed E-state index contributed by atoms with van der Waals surface area (Å²) >= 11 is 13.1. The van der Waals surface area contributed by atoms with Crippen molar-refractivity contribution in [1.29, 1.82) is 0 Å². The van der Waals surface area contributed by atoms with Crippen molar-refractivity contribution >= 4 is 46.2 Å². The fraction of sp³-hybridized carbons (Fsp3) is 0.450. The Hall–Kier alpha value is -2.10. The summed E-state index contributed by atoms with van der Waals surface area (Å²) in [5, 5.41) is 17.7. The molecule has 1 N–H and O–H groups in total. The highest BCUT2D eigenvalue weighted by Crippen LogP contribution is 2.22. The predicted molar refractivity (Wildman–Crippen MR) is 124 cm³/mol. The number of benzene rings is 1. The number of carbonyl (C=O) groups excluding carboxylic acids is 1. The molecule has 160 valence electrons. The number of unbranched alkanes of at least 4 members (excludes halogenated alkanes) is 1. The fourth-order valence-electron chi connectivity index (χ4n) is 2.93. The number of hydrogen-bond donors (Lipinski definition) is 1. The molecule has 0 fully saturated rings. The number of carbonyl (C=O) groups is 1. The van der Waals surface area contributed by atoms with Gasteiger partial charge in [-0.15, -0.1) is 10.2 Å². The van der Waals surface area contributed by atoms with Crippen LogP contribution >= 0.6 is 35.2 Å². The highest BCUT2D eigenvalue weighted by Gasteiger charge is 2.14. The Morgan fingerprint density at radius 3 is 2.63 bits per heavy atom. The van der Waals surface area contributed by atoms with E-state index in [-0.39, 0.29) is 12.3 Å². The van der Waals surface area contributed by atoms with Crippen LogP contribution < -0.4 is 5.32 Å². The second kappa shape index (κ2) is 10.8. The summed E-state index contributed by atoms with van der Waals surface area (Å²) in [4.78, 5) is 12.4. The van der Waals surface area contributed by atoms with E-state index in [9.17, 15) is 4.79 Å². The Morgan fingerprint density at radius 1 is 1.17 bits per heavy atom. The number of rotatable bonds is 10. The lowest BCUT2D eigenvalue weighted by molar-refractivity contribution is -0.116. The molecule has 0 bridgehead atoms. The Balaban J connectivity index is 1.72. The monoisotopic (exact) mass is 464 g/mol. The number of amides is 1. The van der Waals surface area contributed by atoms with Crippen LogP contribution in [0.4, 0.5) is 5.13 Å². The van der Waals surface area contributed by atoms with Gasteiger partial charge in [-0.2, -0.15) is 5.10 Å². The maximum Gasteiger partial charge on any atom is 0.228 e. The number of nitrogens with zero attached hydrogens (tertiary/aromatic N) is 5. The molecule has 2 heterocycles. The van der Waals surface area contributed by atoms with Crippen molar-refractivity contribution < 1.29 is 4.79 Å². The molecule has 2 aromatic heterocycles. The minimum Gasteiger partial charge on any atom is -0.300 e. The van der Waals surface area contributed by atoms with E-state index in [4.69, 9.17) is 28.9 Å². The van der Waals surface area contributed by atoms with Crippen LogP contribution in [0.2, 0.25) is 5.02 Å². The van der Waals surface area contributed by atoms with E-state index in [2.05, 4.69) is 29.4 Å². The lowest BCUT2D eigenvalue weighted by Gasteiger charge is -2.05. The number of hydrogen-bond acceptors (Lipinski definition) is 6. The molecule has 1 amide bonds. The summed E-state index contributed by atoms with van der Waals surface area (Å²) in [5.41, 5.74) is 0.946. The number of nitrogens with one attached hydrogen (secondary N) is 1. The second-order valence-corrected chi connectivity index (χ2v) is 8.75.